The summed E-state index contributed by atoms with van der Waals surface area (Å²) in [5.41, 5.74) is 18.0. The molecule has 2 heterocycles. The van der Waals surface area contributed by atoms with Crippen LogP contribution in [0.25, 0.3) is 10.9 Å². The van der Waals surface area contributed by atoms with Gasteiger partial charge >= 0.3 is 11.9 Å². The van der Waals surface area contributed by atoms with E-state index in [0.29, 0.717) is 16.5 Å². The summed E-state index contributed by atoms with van der Waals surface area (Å²) in [7, 11) is 0. The predicted molar refractivity (Wildman–Crippen MR) is 393 cm³/mol. The normalized spacial score (nSPS) is 22.0. The SMILES string of the molecule is CC(=O)NC(Cc1c[nH]c2ccccc12)C(=O)NC(CC(N)=O)C(=O)NC(CC(=O)O)C(=O)NC1C(=O)NCC(=O)NC(CCCN)C(=O)NC(CC(O)O)C(=O)NC(C)C(=O)NC(CC(O)O)CNCC(=O)NC(CO)C(=O)NC(C(C)CC(O)O)C(=O)NC(CC(=O)c2ccccc2N)C(=O)OC1C.II. The van der Waals surface area contributed by atoms with E-state index in [0.717, 1.165) is 20.8 Å². The van der Waals surface area contributed by atoms with Crippen LogP contribution in [0.2, 0.25) is 0 Å². The number of hydrogen-bond donors (Lipinski definition) is 25. The van der Waals surface area contributed by atoms with Gasteiger partial charge in [-0.25, -0.2) is 4.79 Å². The molecule has 0 bridgehead atoms. The van der Waals surface area contributed by atoms with Gasteiger partial charge in [0.05, 0.1) is 32.5 Å². The van der Waals surface area contributed by atoms with Crippen LogP contribution >= 0.6 is 37.2 Å². The molecular weight excluding hydrogens is 1660 g/mol. The topological polar surface area (TPSA) is 694 Å². The first-order valence-corrected chi connectivity index (χ1v) is 39.6. The molecule has 13 amide bonds. The second kappa shape index (κ2) is 46.7. The van der Waals surface area contributed by atoms with Crippen molar-refractivity contribution in [3.05, 3.63) is 65.9 Å². The number of benzene rings is 2. The Morgan fingerprint density at radius 1 is 0.648 bits per heavy atom. The Bertz CT molecular complexity index is 3650. The van der Waals surface area contributed by atoms with Gasteiger partial charge in [-0.05, 0) is 62.9 Å². The molecule has 1 fully saturated rings. The number of primary amides is 1. The number of ether oxygens (including phenoxy) is 1. The van der Waals surface area contributed by atoms with Crippen LogP contribution in [0.4, 0.5) is 5.69 Å². The highest BCUT2D eigenvalue weighted by Crippen LogP contribution is 2.21. The molecule has 1 aliphatic rings. The lowest BCUT2D eigenvalue weighted by molar-refractivity contribution is -0.156. The minimum atomic E-state index is -2.40. The molecule has 0 radical (unpaired) electrons. The smallest absolute Gasteiger partial charge is 0.329 e. The third kappa shape index (κ3) is 31.8. The molecule has 1 aliphatic heterocycles. The number of hydrogen-bond acceptors (Lipinski definition) is 27. The molecule has 1 aromatic heterocycles. The van der Waals surface area contributed by atoms with Crippen LogP contribution in [-0.2, 0) is 83.1 Å². The molecule has 0 aliphatic carbocycles. The summed E-state index contributed by atoms with van der Waals surface area (Å²) in [5.74, 6) is -22.1. The van der Waals surface area contributed by atoms with Crippen molar-refractivity contribution in [2.24, 2.45) is 17.4 Å². The van der Waals surface area contributed by atoms with Crippen molar-refractivity contribution in [1.82, 2.24) is 74.1 Å². The number of carbonyl (C=O) groups is 16. The van der Waals surface area contributed by atoms with Crippen LogP contribution in [0, 0.1) is 5.92 Å². The van der Waals surface area contributed by atoms with Crippen LogP contribution in [0.5, 0.6) is 0 Å². The highest BCUT2D eigenvalue weighted by molar-refractivity contribution is 15.0. The number of carboxylic acid groups (broad SMARTS) is 1. The minimum absolute atomic E-state index is 0.0379. The lowest BCUT2D eigenvalue weighted by atomic mass is 9.95. The molecular formula is C64H93I2N17O25. The second-order valence-corrected chi connectivity index (χ2v) is 24.9. The van der Waals surface area contributed by atoms with Gasteiger partial charge in [0.25, 0.3) is 0 Å². The number of carboxylic acids is 1. The van der Waals surface area contributed by atoms with Crippen LogP contribution in [0.3, 0.4) is 0 Å². The number of nitrogen functional groups attached to an aromatic ring is 1. The number of nitrogens with two attached hydrogens (primary N) is 3. The maximum absolute atomic E-state index is 14.8. The first kappa shape index (κ1) is 92.8. The number of aliphatic carboxylic acids is 1. The molecule has 42 nitrogen and oxygen atoms in total. The Morgan fingerprint density at radius 3 is 1.83 bits per heavy atom. The number of nitrogens with one attached hydrogen (secondary N) is 14. The van der Waals surface area contributed by atoms with Crippen LogP contribution < -0.4 is 86.3 Å². The Labute approximate surface area is 639 Å². The van der Waals surface area contributed by atoms with Crippen LogP contribution in [-0.4, -0.2) is 265 Å². The molecule has 1 saturated heterocycles. The van der Waals surface area contributed by atoms with Gasteiger partial charge in [-0.15, -0.1) is 0 Å². The van der Waals surface area contributed by atoms with Crippen molar-refractivity contribution in [2.75, 3.05) is 38.5 Å². The molecule has 28 N–H and O–H groups in total. The number of aliphatic hydroxyl groups excluding tert-OH is 4. The highest BCUT2D eigenvalue weighted by atomic mass is 128. The standard InChI is InChI=1S/C64H93N17O25.I2/c1-28(16-49(88)89)53-63(104)79-43(19-45(84)35-11-5-7-12-36(35)66)64(105)106-30(3)54(81-60(101)42(22-52(94)95)78-59(100)40(20-46(67)85)76-58(99)39(72-31(4)83)17-32-23-69-37-13-8-6-10-34(32)37)62(103)70-26-48(87)74-38(14-9-15-65)56(97)77-41(21-51(92)93)57(98)71-29(2)55(96)73-33(18-50(90)91)24-68-25-47(86)75-44(27-82)61(102)80-53;1-2/h5-8,10-13,23,28-30,33,38-44,49-51,53-54,68-69,82,88-93H,9,14-22,24-27,65-66H2,1-4H3,(H2,67,85)(H,70,103)(H,71,98)(H,72,83)(H,73,96)(H,74,87)(H,75,86)(H,76,99)(H,77,97)(H,78,100)(H,79,104)(H,80,102)(H,81,101)(H,94,95);. The van der Waals surface area contributed by atoms with Gasteiger partial charge < -0.3 is 137 Å². The fourth-order valence-corrected chi connectivity index (χ4v) is 10.8. The van der Waals surface area contributed by atoms with Gasteiger partial charge in [0.1, 0.15) is 66.5 Å². The number of H-pyrrole nitrogens is 1. The maximum Gasteiger partial charge on any atom is 0.329 e. The van der Waals surface area contributed by atoms with Crippen molar-refractivity contribution in [3.63, 3.8) is 0 Å². The Morgan fingerprint density at radius 2 is 1.23 bits per heavy atom. The average Bonchev–Trinajstić information content (AvgIpc) is 1.54. The van der Waals surface area contributed by atoms with Gasteiger partial charge in [-0.3, -0.25) is 71.9 Å². The number of cyclic esters (lactones) is 1. The quantitative estimate of drug-likeness (QED) is 0.0111. The molecule has 108 heavy (non-hydrogen) atoms. The third-order valence-electron chi connectivity index (χ3n) is 16.1. The zero-order valence-corrected chi connectivity index (χ0v) is 63.2. The molecule has 44 heteroatoms. The summed E-state index contributed by atoms with van der Waals surface area (Å²) < 4.78 is 5.68. The highest BCUT2D eigenvalue weighted by Gasteiger charge is 2.41. The van der Waals surface area contributed by atoms with E-state index in [2.05, 4.69) is 111 Å². The number of esters is 1. The zero-order chi connectivity index (χ0) is 81.2. The number of aromatic nitrogens is 1. The molecule has 0 spiro atoms. The van der Waals surface area contributed by atoms with Crippen molar-refractivity contribution in [2.45, 2.75) is 177 Å². The number of anilines is 1. The van der Waals surface area contributed by atoms with E-state index < -0.39 is 257 Å². The maximum atomic E-state index is 14.8. The number of para-hydroxylation sites is 2. The van der Waals surface area contributed by atoms with Gasteiger partial charge in [0.2, 0.25) is 76.8 Å². The van der Waals surface area contributed by atoms with Crippen molar-refractivity contribution >= 4 is 148 Å². The molecule has 0 saturated carbocycles. The minimum Gasteiger partial charge on any atom is -0.481 e. The number of fused-ring (bicyclic) bond motifs is 1. The second-order valence-electron chi connectivity index (χ2n) is 24.9. The molecule has 4 rings (SSSR count). The summed E-state index contributed by atoms with van der Waals surface area (Å²) in [6.07, 6.45) is -13.6. The first-order chi connectivity index (χ1) is 50.9. The van der Waals surface area contributed by atoms with E-state index in [1.807, 2.05) is 0 Å². The Kier molecular flexibility index (Phi) is 40.2. The van der Waals surface area contributed by atoms with E-state index >= 15 is 0 Å². The number of amides is 13. The number of ketones is 1. The van der Waals surface area contributed by atoms with Crippen molar-refractivity contribution in [3.8, 4) is 0 Å². The number of carbonyl (C=O) groups excluding carboxylic acids is 15. The zero-order valence-electron chi connectivity index (χ0n) is 58.8. The molecule has 13 unspecified atom stereocenters. The van der Waals surface area contributed by atoms with E-state index in [9.17, 15) is 118 Å². The number of halogens is 2. The van der Waals surface area contributed by atoms with Crippen molar-refractivity contribution in [1.29, 1.82) is 0 Å². The number of rotatable bonds is 27. The summed E-state index contributed by atoms with van der Waals surface area (Å²) in [6.45, 7) is 0.591. The average molecular weight is 1750 g/mol. The fraction of sp³-hybridized carbons (Fsp3) is 0.531. The van der Waals surface area contributed by atoms with E-state index in [4.69, 9.17) is 21.9 Å². The summed E-state index contributed by atoms with van der Waals surface area (Å²) in [5, 5.41) is 110. The van der Waals surface area contributed by atoms with Gasteiger partial charge in [-0.1, -0.05) is 37.3 Å². The van der Waals surface area contributed by atoms with Crippen LogP contribution in [0.1, 0.15) is 95.0 Å². The predicted octanol–water partition coefficient (Wildman–Crippen LogP) is -8.82. The Hall–Kier alpha value is -9.40. The van der Waals surface area contributed by atoms with Crippen molar-refractivity contribution < 1.29 is 122 Å². The number of aliphatic hydroxyl groups is 7. The summed E-state index contributed by atoms with van der Waals surface area (Å²) >= 11 is 4.24. The molecule has 598 valence electrons. The van der Waals surface area contributed by atoms with E-state index in [1.54, 1.807) is 30.5 Å². The van der Waals surface area contributed by atoms with Gasteiger partial charge in [-0.2, -0.15) is 0 Å². The number of Topliss-reactive ketones (excluding diaryl/α,β-unsaturated/α-hetero) is 1. The molecule has 2 aromatic carbocycles. The summed E-state index contributed by atoms with van der Waals surface area (Å²) in [4.78, 5) is 224. The monoisotopic (exact) mass is 1750 g/mol. The van der Waals surface area contributed by atoms with Crippen LogP contribution in [0.15, 0.2) is 54.7 Å². The largest absolute Gasteiger partial charge is 0.481 e. The van der Waals surface area contributed by atoms with Gasteiger partial charge in [0, 0.05) is 117 Å². The Balaban J connectivity index is 0.0000150. The summed E-state index contributed by atoms with van der Waals surface area (Å²) in [6, 6.07) is -8.74. The fourth-order valence-electron chi connectivity index (χ4n) is 10.8. The van der Waals surface area contributed by atoms with E-state index in [-0.39, 0.29) is 37.1 Å². The van der Waals surface area contributed by atoms with Gasteiger partial charge in [0.15, 0.2) is 24.7 Å². The number of aromatic amines is 1. The molecule has 13 atom stereocenters. The third-order valence-corrected chi connectivity index (χ3v) is 16.1. The van der Waals surface area contributed by atoms with E-state index in [1.165, 1.54) is 31.2 Å². The lowest BCUT2D eigenvalue weighted by Gasteiger charge is -2.30. The lowest BCUT2D eigenvalue weighted by Crippen LogP contribution is -2.62. The first-order valence-electron chi connectivity index (χ1n) is 33.4. The molecule has 3 aromatic rings.